The topological polar surface area (TPSA) is 83.6 Å². The maximum atomic E-state index is 12.4. The van der Waals surface area contributed by atoms with Crippen molar-refractivity contribution in [3.8, 4) is 0 Å². The minimum absolute atomic E-state index is 0.244. The second-order valence-corrected chi connectivity index (χ2v) is 6.56. The van der Waals surface area contributed by atoms with E-state index in [9.17, 15) is 9.59 Å². The zero-order valence-electron chi connectivity index (χ0n) is 15.6. The molecule has 0 saturated carbocycles. The number of hydrogen-bond donors (Lipinski definition) is 2. The molecule has 1 aromatic carbocycles. The number of amides is 1. The normalized spacial score (nSPS) is 10.6. The van der Waals surface area contributed by atoms with Gasteiger partial charge in [0.1, 0.15) is 5.69 Å². The van der Waals surface area contributed by atoms with Gasteiger partial charge in [-0.3, -0.25) is 4.79 Å². The van der Waals surface area contributed by atoms with E-state index in [1.54, 1.807) is 18.3 Å². The Morgan fingerprint density at radius 1 is 1.22 bits per heavy atom. The fourth-order valence-corrected chi connectivity index (χ4v) is 2.48. The van der Waals surface area contributed by atoms with Gasteiger partial charge in [0, 0.05) is 6.54 Å². The zero-order valence-corrected chi connectivity index (χ0v) is 16.3. The molecule has 0 atom stereocenters. The minimum atomic E-state index is -0.509. The molecular weight excluding hydrogens is 368 g/mol. The molecule has 0 unspecified atom stereocenters. The standard InChI is InChI=1S/C19H23ClN4O3/c1-24(2)10-4-9-21-14-6-8-16(22-12-14)18(25)23-17-11-13(19(26)27-3)5-7-15(17)20/h5-8,11-12,21H,4,9-10H2,1-3H3,(H,23,25). The van der Waals surface area contributed by atoms with Gasteiger partial charge in [0.25, 0.3) is 5.91 Å². The third-order valence-corrected chi connectivity index (χ3v) is 4.07. The molecule has 2 rings (SSSR count). The molecule has 2 aromatic rings. The fraction of sp³-hybridized carbons (Fsp3) is 0.316. The summed E-state index contributed by atoms with van der Waals surface area (Å²) in [5.41, 5.74) is 1.70. The molecule has 144 valence electrons. The van der Waals surface area contributed by atoms with E-state index in [0.717, 1.165) is 25.2 Å². The molecule has 0 aliphatic heterocycles. The largest absolute Gasteiger partial charge is 0.465 e. The Kier molecular flexibility index (Phi) is 7.57. The number of rotatable bonds is 8. The van der Waals surface area contributed by atoms with E-state index in [4.69, 9.17) is 11.6 Å². The number of carbonyl (C=O) groups is 2. The molecule has 0 bridgehead atoms. The molecule has 0 saturated heterocycles. The Balaban J connectivity index is 1.99. The average Bonchev–Trinajstić information content (AvgIpc) is 2.66. The van der Waals surface area contributed by atoms with Crippen LogP contribution in [0.25, 0.3) is 0 Å². The highest BCUT2D eigenvalue weighted by atomic mass is 35.5. The number of ether oxygens (including phenoxy) is 1. The quantitative estimate of drug-likeness (QED) is 0.532. The van der Waals surface area contributed by atoms with Crippen LogP contribution in [0.1, 0.15) is 27.3 Å². The van der Waals surface area contributed by atoms with Gasteiger partial charge in [-0.2, -0.15) is 0 Å². The van der Waals surface area contributed by atoms with Crippen LogP contribution in [-0.2, 0) is 4.74 Å². The van der Waals surface area contributed by atoms with Crippen molar-refractivity contribution in [3.05, 3.63) is 52.8 Å². The lowest BCUT2D eigenvalue weighted by Crippen LogP contribution is -2.17. The van der Waals surface area contributed by atoms with Crippen LogP contribution in [-0.4, -0.2) is 56.1 Å². The number of hydrogen-bond acceptors (Lipinski definition) is 6. The van der Waals surface area contributed by atoms with Crippen LogP contribution in [0.5, 0.6) is 0 Å². The van der Waals surface area contributed by atoms with Crippen molar-refractivity contribution in [2.75, 3.05) is 44.9 Å². The number of aromatic nitrogens is 1. The van der Waals surface area contributed by atoms with E-state index < -0.39 is 11.9 Å². The lowest BCUT2D eigenvalue weighted by molar-refractivity contribution is 0.0600. The Labute approximate surface area is 163 Å². The van der Waals surface area contributed by atoms with E-state index >= 15 is 0 Å². The number of anilines is 2. The molecule has 0 radical (unpaired) electrons. The van der Waals surface area contributed by atoms with Gasteiger partial charge in [0.05, 0.1) is 35.3 Å². The van der Waals surface area contributed by atoms with E-state index in [0.29, 0.717) is 16.3 Å². The highest BCUT2D eigenvalue weighted by molar-refractivity contribution is 6.34. The Hall–Kier alpha value is -2.64. The summed E-state index contributed by atoms with van der Waals surface area (Å²) in [6.45, 7) is 1.81. The van der Waals surface area contributed by atoms with Crippen molar-refractivity contribution >= 4 is 34.9 Å². The first-order valence-electron chi connectivity index (χ1n) is 8.44. The smallest absolute Gasteiger partial charge is 0.337 e. The molecule has 0 fully saturated rings. The first-order valence-corrected chi connectivity index (χ1v) is 8.82. The third-order valence-electron chi connectivity index (χ3n) is 3.74. The predicted molar refractivity (Wildman–Crippen MR) is 107 cm³/mol. The number of benzene rings is 1. The molecule has 8 heteroatoms. The fourth-order valence-electron chi connectivity index (χ4n) is 2.31. The second kappa shape index (κ2) is 9.89. The number of nitrogens with one attached hydrogen (secondary N) is 2. The SMILES string of the molecule is COC(=O)c1ccc(Cl)c(NC(=O)c2ccc(NCCCN(C)C)cn2)c1. The summed E-state index contributed by atoms with van der Waals surface area (Å²) in [5, 5.41) is 6.24. The molecule has 1 amide bonds. The summed E-state index contributed by atoms with van der Waals surface area (Å²) in [4.78, 5) is 30.3. The van der Waals surface area contributed by atoms with Crippen molar-refractivity contribution in [1.82, 2.24) is 9.88 Å². The Morgan fingerprint density at radius 3 is 2.63 bits per heavy atom. The summed E-state index contributed by atoms with van der Waals surface area (Å²) in [5.74, 6) is -0.928. The maximum absolute atomic E-state index is 12.4. The van der Waals surface area contributed by atoms with Gasteiger partial charge in [0.2, 0.25) is 0 Å². The van der Waals surface area contributed by atoms with E-state index in [1.165, 1.54) is 25.3 Å². The number of methoxy groups -OCH3 is 1. The highest BCUT2D eigenvalue weighted by Crippen LogP contribution is 2.24. The van der Waals surface area contributed by atoms with Crippen LogP contribution in [0.4, 0.5) is 11.4 Å². The van der Waals surface area contributed by atoms with Crippen molar-refractivity contribution in [1.29, 1.82) is 0 Å². The summed E-state index contributed by atoms with van der Waals surface area (Å²) in [7, 11) is 5.35. The highest BCUT2D eigenvalue weighted by Gasteiger charge is 2.13. The summed E-state index contributed by atoms with van der Waals surface area (Å²) >= 11 is 6.09. The van der Waals surface area contributed by atoms with Crippen molar-refractivity contribution < 1.29 is 14.3 Å². The average molecular weight is 391 g/mol. The summed E-state index contributed by atoms with van der Waals surface area (Å²) < 4.78 is 4.67. The minimum Gasteiger partial charge on any atom is -0.465 e. The van der Waals surface area contributed by atoms with Crippen molar-refractivity contribution in [3.63, 3.8) is 0 Å². The molecule has 0 aliphatic carbocycles. The number of nitrogens with zero attached hydrogens (tertiary/aromatic N) is 2. The van der Waals surface area contributed by atoms with Gasteiger partial charge in [-0.15, -0.1) is 0 Å². The van der Waals surface area contributed by atoms with Gasteiger partial charge in [-0.25, -0.2) is 9.78 Å². The van der Waals surface area contributed by atoms with Gasteiger partial charge >= 0.3 is 5.97 Å². The molecule has 1 aromatic heterocycles. The first-order chi connectivity index (χ1) is 12.9. The van der Waals surface area contributed by atoms with Crippen molar-refractivity contribution in [2.24, 2.45) is 0 Å². The monoisotopic (exact) mass is 390 g/mol. The maximum Gasteiger partial charge on any atom is 0.337 e. The van der Waals surface area contributed by atoms with Crippen molar-refractivity contribution in [2.45, 2.75) is 6.42 Å². The van der Waals surface area contributed by atoms with Crippen LogP contribution in [0, 0.1) is 0 Å². The van der Waals surface area contributed by atoms with E-state index in [1.807, 2.05) is 14.1 Å². The molecule has 0 spiro atoms. The summed E-state index contributed by atoms with van der Waals surface area (Å²) in [6.07, 6.45) is 2.61. The van der Waals surface area contributed by atoms with Crippen LogP contribution in [0.2, 0.25) is 5.02 Å². The molecule has 1 heterocycles. The van der Waals surface area contributed by atoms with Crippen LogP contribution in [0.15, 0.2) is 36.5 Å². The Morgan fingerprint density at radius 2 is 2.00 bits per heavy atom. The number of esters is 1. The predicted octanol–water partition coefficient (Wildman–Crippen LogP) is 3.14. The zero-order chi connectivity index (χ0) is 19.8. The third kappa shape index (κ3) is 6.23. The van der Waals surface area contributed by atoms with Crippen LogP contribution in [0.3, 0.4) is 0 Å². The molecule has 7 nitrogen and oxygen atoms in total. The van der Waals surface area contributed by atoms with Gasteiger partial charge in [0.15, 0.2) is 0 Å². The molecule has 2 N–H and O–H groups in total. The Bertz CT molecular complexity index is 794. The molecule has 0 aliphatic rings. The first kappa shape index (κ1) is 20.7. The summed E-state index contributed by atoms with van der Waals surface area (Å²) in [6, 6.07) is 7.94. The lowest BCUT2D eigenvalue weighted by Gasteiger charge is -2.11. The van der Waals surface area contributed by atoms with Crippen LogP contribution >= 0.6 is 11.6 Å². The number of halogens is 1. The van der Waals surface area contributed by atoms with Gasteiger partial charge in [-0.05, 0) is 57.4 Å². The van der Waals surface area contributed by atoms with E-state index in [2.05, 4.69) is 25.3 Å². The second-order valence-electron chi connectivity index (χ2n) is 6.16. The molecule has 27 heavy (non-hydrogen) atoms. The van der Waals surface area contributed by atoms with Crippen LogP contribution < -0.4 is 10.6 Å². The number of carbonyl (C=O) groups excluding carboxylic acids is 2. The molecular formula is C19H23ClN4O3. The van der Waals surface area contributed by atoms with Gasteiger partial charge < -0.3 is 20.3 Å². The van der Waals surface area contributed by atoms with Gasteiger partial charge in [-0.1, -0.05) is 11.6 Å². The lowest BCUT2D eigenvalue weighted by atomic mass is 10.2. The number of pyridine rings is 1. The van der Waals surface area contributed by atoms with E-state index in [-0.39, 0.29) is 5.69 Å².